The Kier molecular flexibility index (Phi) is 5.07. The van der Waals surface area contributed by atoms with Crippen LogP contribution in [-0.4, -0.2) is 37.9 Å². The number of anilines is 1. The number of carbonyl (C=O) groups excluding carboxylic acids is 2. The van der Waals surface area contributed by atoms with E-state index >= 15 is 0 Å². The van der Waals surface area contributed by atoms with Gasteiger partial charge >= 0.3 is 0 Å². The van der Waals surface area contributed by atoms with Gasteiger partial charge in [-0.25, -0.2) is 4.68 Å². The van der Waals surface area contributed by atoms with Gasteiger partial charge in [-0.05, 0) is 51.1 Å². The van der Waals surface area contributed by atoms with E-state index in [0.29, 0.717) is 11.3 Å². The van der Waals surface area contributed by atoms with Crippen LogP contribution in [0, 0.1) is 20.8 Å². The Morgan fingerprint density at radius 3 is 2.33 bits per heavy atom. The van der Waals surface area contributed by atoms with E-state index in [4.69, 9.17) is 0 Å². The molecule has 0 aliphatic heterocycles. The van der Waals surface area contributed by atoms with Crippen LogP contribution in [0.5, 0.6) is 0 Å². The van der Waals surface area contributed by atoms with Gasteiger partial charge in [0.05, 0.1) is 29.3 Å². The molecule has 8 nitrogen and oxygen atoms in total. The lowest BCUT2D eigenvalue weighted by Crippen LogP contribution is -2.33. The molecule has 2 heterocycles. The second-order valence-electron chi connectivity index (χ2n) is 6.33. The molecule has 3 rings (SSSR count). The molecule has 0 aliphatic rings. The fourth-order valence-corrected chi connectivity index (χ4v) is 2.79. The number of aromatic nitrogens is 4. The first kappa shape index (κ1) is 18.4. The third kappa shape index (κ3) is 3.89. The van der Waals surface area contributed by atoms with E-state index in [1.807, 2.05) is 46.0 Å². The van der Waals surface area contributed by atoms with E-state index in [-0.39, 0.29) is 18.4 Å². The number of benzene rings is 1. The first-order valence-corrected chi connectivity index (χ1v) is 8.56. The normalized spacial score (nSPS) is 10.7. The Labute approximate surface area is 157 Å². The average molecular weight is 366 g/mol. The molecule has 2 amide bonds. The Hall–Kier alpha value is -3.42. The minimum atomic E-state index is -0.312. The summed E-state index contributed by atoms with van der Waals surface area (Å²) in [5.74, 6) is -0.611. The van der Waals surface area contributed by atoms with Gasteiger partial charge in [-0.3, -0.25) is 14.3 Å². The summed E-state index contributed by atoms with van der Waals surface area (Å²) >= 11 is 0. The fraction of sp³-hybridized carbons (Fsp3) is 0.263. The number of hydrogen-bond acceptors (Lipinski definition) is 4. The molecule has 0 spiro atoms. The minimum absolute atomic E-state index is 0.118. The predicted octanol–water partition coefficient (Wildman–Crippen LogP) is 1.90. The van der Waals surface area contributed by atoms with E-state index in [1.54, 1.807) is 27.7 Å². The van der Waals surface area contributed by atoms with Gasteiger partial charge in [0.15, 0.2) is 0 Å². The molecule has 0 aliphatic carbocycles. The molecule has 140 valence electrons. The second-order valence-corrected chi connectivity index (χ2v) is 6.33. The van der Waals surface area contributed by atoms with E-state index in [0.717, 1.165) is 22.8 Å². The molecule has 1 aromatic carbocycles. The fourth-order valence-electron chi connectivity index (χ4n) is 2.79. The lowest BCUT2D eigenvalue weighted by Gasteiger charge is -2.08. The summed E-state index contributed by atoms with van der Waals surface area (Å²) in [6.07, 6.45) is 1.72. The summed E-state index contributed by atoms with van der Waals surface area (Å²) in [7, 11) is 1.81. The predicted molar refractivity (Wildman–Crippen MR) is 102 cm³/mol. The molecule has 0 fully saturated rings. The van der Waals surface area contributed by atoms with Crippen molar-refractivity contribution >= 4 is 17.5 Å². The minimum Gasteiger partial charge on any atom is -0.343 e. The van der Waals surface area contributed by atoms with Crippen molar-refractivity contribution in [2.45, 2.75) is 20.8 Å². The second kappa shape index (κ2) is 7.45. The molecule has 0 bridgehead atoms. The Morgan fingerprint density at radius 2 is 1.78 bits per heavy atom. The molecule has 27 heavy (non-hydrogen) atoms. The molecular weight excluding hydrogens is 344 g/mol. The number of carbonyl (C=O) groups is 2. The van der Waals surface area contributed by atoms with Crippen molar-refractivity contribution in [2.75, 3.05) is 11.9 Å². The highest BCUT2D eigenvalue weighted by Crippen LogP contribution is 2.18. The highest BCUT2D eigenvalue weighted by atomic mass is 16.2. The maximum atomic E-state index is 12.3. The lowest BCUT2D eigenvalue weighted by molar-refractivity contribution is -0.115. The SMILES string of the molecule is Cc1nn(C)c(C)c1NC(=O)CNC(=O)c1ccc(-n2nccc2C)cc1. The van der Waals surface area contributed by atoms with E-state index in [2.05, 4.69) is 20.8 Å². The van der Waals surface area contributed by atoms with Crippen LogP contribution in [0.1, 0.15) is 27.4 Å². The van der Waals surface area contributed by atoms with Gasteiger partial charge in [-0.15, -0.1) is 0 Å². The van der Waals surface area contributed by atoms with E-state index in [1.165, 1.54) is 0 Å². The molecule has 2 aromatic heterocycles. The van der Waals surface area contributed by atoms with Crippen molar-refractivity contribution in [3.63, 3.8) is 0 Å². The zero-order valence-electron chi connectivity index (χ0n) is 15.8. The van der Waals surface area contributed by atoms with Crippen LogP contribution in [0.4, 0.5) is 5.69 Å². The van der Waals surface area contributed by atoms with Gasteiger partial charge in [0.1, 0.15) is 0 Å². The van der Waals surface area contributed by atoms with Crippen molar-refractivity contribution < 1.29 is 9.59 Å². The van der Waals surface area contributed by atoms with Gasteiger partial charge in [0.25, 0.3) is 5.91 Å². The largest absolute Gasteiger partial charge is 0.343 e. The standard InChI is InChI=1S/C19H22N6O2/c1-12-9-10-21-25(12)16-7-5-15(6-8-16)19(27)20-11-17(26)22-18-13(2)23-24(4)14(18)3/h5-10H,11H2,1-4H3,(H,20,27)(H,22,26). The van der Waals surface area contributed by atoms with Crippen LogP contribution in [0.2, 0.25) is 0 Å². The number of aryl methyl sites for hydroxylation is 3. The number of amides is 2. The van der Waals surface area contributed by atoms with Crippen molar-refractivity contribution in [1.29, 1.82) is 0 Å². The van der Waals surface area contributed by atoms with Crippen molar-refractivity contribution in [2.24, 2.45) is 7.05 Å². The highest BCUT2D eigenvalue weighted by Gasteiger charge is 2.14. The smallest absolute Gasteiger partial charge is 0.251 e. The van der Waals surface area contributed by atoms with Gasteiger partial charge in [-0.1, -0.05) is 0 Å². The Morgan fingerprint density at radius 1 is 1.07 bits per heavy atom. The number of hydrogen-bond donors (Lipinski definition) is 2. The molecule has 0 atom stereocenters. The summed E-state index contributed by atoms with van der Waals surface area (Å²) < 4.78 is 3.49. The first-order valence-electron chi connectivity index (χ1n) is 8.56. The third-order valence-electron chi connectivity index (χ3n) is 4.39. The number of nitrogens with one attached hydrogen (secondary N) is 2. The molecule has 0 radical (unpaired) electrons. The van der Waals surface area contributed by atoms with E-state index in [9.17, 15) is 9.59 Å². The summed E-state index contributed by atoms with van der Waals surface area (Å²) in [5.41, 5.74) is 4.62. The van der Waals surface area contributed by atoms with Crippen LogP contribution in [0.3, 0.4) is 0 Å². The van der Waals surface area contributed by atoms with Gasteiger partial charge < -0.3 is 10.6 Å². The topological polar surface area (TPSA) is 93.8 Å². The quantitative estimate of drug-likeness (QED) is 0.721. The molecule has 2 N–H and O–H groups in total. The Balaban J connectivity index is 1.59. The molecule has 0 saturated heterocycles. The first-order chi connectivity index (χ1) is 12.9. The maximum Gasteiger partial charge on any atom is 0.251 e. The van der Waals surface area contributed by atoms with Gasteiger partial charge in [0, 0.05) is 24.5 Å². The molecule has 8 heteroatoms. The molecular formula is C19H22N6O2. The third-order valence-corrected chi connectivity index (χ3v) is 4.39. The summed E-state index contributed by atoms with van der Waals surface area (Å²) in [6, 6.07) is 8.96. The zero-order chi connectivity index (χ0) is 19.6. The van der Waals surface area contributed by atoms with Crippen LogP contribution < -0.4 is 10.6 Å². The van der Waals surface area contributed by atoms with Crippen molar-refractivity contribution in [1.82, 2.24) is 24.9 Å². The van der Waals surface area contributed by atoms with Crippen molar-refractivity contribution in [3.8, 4) is 5.69 Å². The number of rotatable bonds is 5. The Bertz CT molecular complexity index is 984. The van der Waals surface area contributed by atoms with Crippen LogP contribution in [-0.2, 0) is 11.8 Å². The summed E-state index contributed by atoms with van der Waals surface area (Å²) in [4.78, 5) is 24.4. The lowest BCUT2D eigenvalue weighted by atomic mass is 10.2. The summed E-state index contributed by atoms with van der Waals surface area (Å²) in [5, 5.41) is 13.9. The average Bonchev–Trinajstić information content (AvgIpc) is 3.18. The molecule has 0 unspecified atom stereocenters. The van der Waals surface area contributed by atoms with Crippen molar-refractivity contribution in [3.05, 3.63) is 59.2 Å². The maximum absolute atomic E-state index is 12.3. The number of nitrogens with zero attached hydrogens (tertiary/aromatic N) is 4. The monoisotopic (exact) mass is 366 g/mol. The zero-order valence-corrected chi connectivity index (χ0v) is 15.8. The molecule has 3 aromatic rings. The van der Waals surface area contributed by atoms with E-state index < -0.39 is 0 Å². The van der Waals surface area contributed by atoms with Gasteiger partial charge in [0.2, 0.25) is 5.91 Å². The van der Waals surface area contributed by atoms with Crippen LogP contribution in [0.25, 0.3) is 5.69 Å². The highest BCUT2D eigenvalue weighted by molar-refractivity contribution is 5.99. The van der Waals surface area contributed by atoms with Gasteiger partial charge in [-0.2, -0.15) is 10.2 Å². The summed E-state index contributed by atoms with van der Waals surface area (Å²) in [6.45, 7) is 5.53. The van der Waals surface area contributed by atoms with Crippen LogP contribution in [0.15, 0.2) is 36.5 Å². The van der Waals surface area contributed by atoms with Crippen LogP contribution >= 0.6 is 0 Å². The molecule has 0 saturated carbocycles.